The zero-order valence-corrected chi connectivity index (χ0v) is 12.9. The van der Waals surface area contributed by atoms with Crippen molar-refractivity contribution >= 4 is 23.4 Å². The summed E-state index contributed by atoms with van der Waals surface area (Å²) in [5, 5.41) is 3.27. The molecule has 1 heterocycles. The van der Waals surface area contributed by atoms with E-state index in [2.05, 4.69) is 58.4 Å². The first-order valence-electron chi connectivity index (χ1n) is 6.58. The highest BCUT2D eigenvalue weighted by Gasteiger charge is 2.09. The highest BCUT2D eigenvalue weighted by atomic mass is 32.2. The van der Waals surface area contributed by atoms with Crippen LogP contribution >= 0.6 is 11.8 Å². The third-order valence-corrected chi connectivity index (χ3v) is 3.93. The van der Waals surface area contributed by atoms with E-state index in [1.54, 1.807) is 11.8 Å². The SMILES string of the molecule is CSc1cnc(NCC(C)N(C)c2ccccc2)nc1. The Morgan fingerprint density at radius 3 is 2.45 bits per heavy atom. The molecule has 1 aromatic heterocycles. The minimum atomic E-state index is 0.348. The molecule has 4 nitrogen and oxygen atoms in total. The number of hydrogen-bond donors (Lipinski definition) is 1. The van der Waals surface area contributed by atoms with Gasteiger partial charge in [0.2, 0.25) is 5.95 Å². The fourth-order valence-electron chi connectivity index (χ4n) is 1.81. The monoisotopic (exact) mass is 288 g/mol. The number of hydrogen-bond acceptors (Lipinski definition) is 5. The van der Waals surface area contributed by atoms with Crippen molar-refractivity contribution in [2.45, 2.75) is 17.9 Å². The molecule has 0 spiro atoms. The summed E-state index contributed by atoms with van der Waals surface area (Å²) in [5.41, 5.74) is 1.21. The maximum atomic E-state index is 4.29. The Morgan fingerprint density at radius 1 is 1.20 bits per heavy atom. The van der Waals surface area contributed by atoms with Crippen molar-refractivity contribution in [3.8, 4) is 0 Å². The van der Waals surface area contributed by atoms with Gasteiger partial charge in [-0.2, -0.15) is 0 Å². The zero-order valence-electron chi connectivity index (χ0n) is 12.1. The molecular formula is C15H20N4S. The van der Waals surface area contributed by atoms with Gasteiger partial charge in [-0.05, 0) is 25.3 Å². The van der Waals surface area contributed by atoms with Crippen molar-refractivity contribution in [3.63, 3.8) is 0 Å². The fourth-order valence-corrected chi connectivity index (χ4v) is 2.12. The van der Waals surface area contributed by atoms with Gasteiger partial charge in [0, 0.05) is 42.6 Å². The molecule has 2 rings (SSSR count). The van der Waals surface area contributed by atoms with Gasteiger partial charge < -0.3 is 10.2 Å². The van der Waals surface area contributed by atoms with Gasteiger partial charge in [-0.25, -0.2) is 9.97 Å². The molecule has 1 atom stereocenters. The summed E-state index contributed by atoms with van der Waals surface area (Å²) in [6.45, 7) is 2.97. The van der Waals surface area contributed by atoms with Gasteiger partial charge in [-0.1, -0.05) is 18.2 Å². The van der Waals surface area contributed by atoms with Crippen LogP contribution in [0.25, 0.3) is 0 Å². The Kier molecular flexibility index (Phi) is 5.24. The molecule has 106 valence electrons. The Labute approximate surface area is 124 Å². The van der Waals surface area contributed by atoms with Crippen molar-refractivity contribution in [2.75, 3.05) is 30.1 Å². The van der Waals surface area contributed by atoms with Crippen LogP contribution in [0.5, 0.6) is 0 Å². The second-order valence-corrected chi connectivity index (χ2v) is 5.50. The number of likely N-dealkylation sites (N-methyl/N-ethyl adjacent to an activating group) is 1. The molecule has 0 bridgehead atoms. The summed E-state index contributed by atoms with van der Waals surface area (Å²) in [7, 11) is 2.10. The van der Waals surface area contributed by atoms with Gasteiger partial charge in [-0.3, -0.25) is 0 Å². The van der Waals surface area contributed by atoms with Crippen molar-refractivity contribution in [3.05, 3.63) is 42.7 Å². The zero-order chi connectivity index (χ0) is 14.4. The maximum absolute atomic E-state index is 4.29. The first kappa shape index (κ1) is 14.7. The molecule has 5 heteroatoms. The molecule has 0 saturated carbocycles. The summed E-state index contributed by atoms with van der Waals surface area (Å²) in [6.07, 6.45) is 5.69. The van der Waals surface area contributed by atoms with Crippen LogP contribution < -0.4 is 10.2 Å². The molecule has 0 aliphatic heterocycles. The average Bonchev–Trinajstić information content (AvgIpc) is 2.53. The van der Waals surface area contributed by atoms with Crippen LogP contribution in [0.2, 0.25) is 0 Å². The number of benzene rings is 1. The van der Waals surface area contributed by atoms with Crippen LogP contribution in [0.3, 0.4) is 0 Å². The van der Waals surface area contributed by atoms with Crippen molar-refractivity contribution in [1.82, 2.24) is 9.97 Å². The molecule has 0 aliphatic rings. The predicted octanol–water partition coefficient (Wildman–Crippen LogP) is 3.14. The Hall–Kier alpha value is -1.75. The van der Waals surface area contributed by atoms with E-state index in [4.69, 9.17) is 0 Å². The third kappa shape index (κ3) is 3.87. The molecule has 1 unspecified atom stereocenters. The van der Waals surface area contributed by atoms with E-state index < -0.39 is 0 Å². The molecule has 2 aromatic rings. The van der Waals surface area contributed by atoms with Crippen LogP contribution in [-0.4, -0.2) is 35.9 Å². The molecule has 1 aromatic carbocycles. The highest BCUT2D eigenvalue weighted by molar-refractivity contribution is 7.98. The maximum Gasteiger partial charge on any atom is 0.222 e. The quantitative estimate of drug-likeness (QED) is 0.827. The molecule has 1 N–H and O–H groups in total. The van der Waals surface area contributed by atoms with Crippen LogP contribution in [0.15, 0.2) is 47.6 Å². The third-order valence-electron chi connectivity index (χ3n) is 3.24. The lowest BCUT2D eigenvalue weighted by Crippen LogP contribution is -2.35. The molecule has 20 heavy (non-hydrogen) atoms. The predicted molar refractivity (Wildman–Crippen MR) is 86.6 cm³/mol. The lowest BCUT2D eigenvalue weighted by atomic mass is 10.2. The minimum absolute atomic E-state index is 0.348. The number of thioether (sulfide) groups is 1. The lowest BCUT2D eigenvalue weighted by molar-refractivity contribution is 0.712. The molecule has 0 fully saturated rings. The van der Waals surface area contributed by atoms with E-state index in [1.807, 2.05) is 24.7 Å². The van der Waals surface area contributed by atoms with E-state index >= 15 is 0 Å². The molecule has 0 saturated heterocycles. The van der Waals surface area contributed by atoms with Gasteiger partial charge >= 0.3 is 0 Å². The second-order valence-electron chi connectivity index (χ2n) is 4.62. The van der Waals surface area contributed by atoms with Crippen LogP contribution in [0, 0.1) is 0 Å². The average molecular weight is 288 g/mol. The Balaban J connectivity index is 1.89. The standard InChI is InChI=1S/C15H20N4S/c1-12(19(2)13-7-5-4-6-8-13)9-16-15-17-10-14(20-3)11-18-15/h4-8,10-12H,9H2,1-3H3,(H,16,17,18). The summed E-state index contributed by atoms with van der Waals surface area (Å²) < 4.78 is 0. The van der Waals surface area contributed by atoms with Crippen LogP contribution in [0.4, 0.5) is 11.6 Å². The molecule has 0 radical (unpaired) electrons. The summed E-state index contributed by atoms with van der Waals surface area (Å²) >= 11 is 1.64. The fraction of sp³-hybridized carbons (Fsp3) is 0.333. The lowest BCUT2D eigenvalue weighted by Gasteiger charge is -2.27. The summed E-state index contributed by atoms with van der Waals surface area (Å²) in [6, 6.07) is 10.7. The summed E-state index contributed by atoms with van der Waals surface area (Å²) in [5.74, 6) is 0.677. The van der Waals surface area contributed by atoms with Gasteiger partial charge in [0.15, 0.2) is 0 Å². The van der Waals surface area contributed by atoms with E-state index in [9.17, 15) is 0 Å². The molecule has 0 amide bonds. The highest BCUT2D eigenvalue weighted by Crippen LogP contribution is 2.15. The van der Waals surface area contributed by atoms with Crippen LogP contribution in [0.1, 0.15) is 6.92 Å². The van der Waals surface area contributed by atoms with Gasteiger partial charge in [-0.15, -0.1) is 11.8 Å². The van der Waals surface area contributed by atoms with E-state index in [0.717, 1.165) is 11.4 Å². The Bertz CT molecular complexity index is 515. The number of nitrogens with one attached hydrogen (secondary N) is 1. The van der Waals surface area contributed by atoms with Crippen molar-refractivity contribution < 1.29 is 0 Å². The normalized spacial score (nSPS) is 11.9. The van der Waals surface area contributed by atoms with E-state index in [-0.39, 0.29) is 0 Å². The molecule has 0 aliphatic carbocycles. The second kappa shape index (κ2) is 7.14. The topological polar surface area (TPSA) is 41.1 Å². The van der Waals surface area contributed by atoms with Crippen molar-refractivity contribution in [2.24, 2.45) is 0 Å². The van der Waals surface area contributed by atoms with Gasteiger partial charge in [0.1, 0.15) is 0 Å². The van der Waals surface area contributed by atoms with Crippen molar-refractivity contribution in [1.29, 1.82) is 0 Å². The number of aromatic nitrogens is 2. The number of para-hydroxylation sites is 1. The van der Waals surface area contributed by atoms with E-state index in [1.165, 1.54) is 5.69 Å². The summed E-state index contributed by atoms with van der Waals surface area (Å²) in [4.78, 5) is 11.9. The first-order chi connectivity index (χ1) is 9.70. The number of nitrogens with zero attached hydrogens (tertiary/aromatic N) is 3. The first-order valence-corrected chi connectivity index (χ1v) is 7.81. The van der Waals surface area contributed by atoms with Gasteiger partial charge in [0.05, 0.1) is 0 Å². The molecular weight excluding hydrogens is 268 g/mol. The smallest absolute Gasteiger partial charge is 0.222 e. The van der Waals surface area contributed by atoms with E-state index in [0.29, 0.717) is 12.0 Å². The van der Waals surface area contributed by atoms with Crippen LogP contribution in [-0.2, 0) is 0 Å². The Morgan fingerprint density at radius 2 is 1.85 bits per heavy atom. The number of rotatable bonds is 6. The number of anilines is 2. The largest absolute Gasteiger partial charge is 0.370 e. The van der Waals surface area contributed by atoms with Gasteiger partial charge in [0.25, 0.3) is 0 Å². The minimum Gasteiger partial charge on any atom is -0.370 e.